The largest absolute Gasteiger partial charge is 0.326 e. The molecule has 1 fully saturated rings. The van der Waals surface area contributed by atoms with Crippen molar-refractivity contribution in [2.24, 2.45) is 0 Å². The van der Waals surface area contributed by atoms with Gasteiger partial charge >= 0.3 is 0 Å². The number of thioether (sulfide) groups is 1. The third kappa shape index (κ3) is 6.46. The van der Waals surface area contributed by atoms with Gasteiger partial charge in [0.15, 0.2) is 0 Å². The molecule has 134 valence electrons. The van der Waals surface area contributed by atoms with Crippen molar-refractivity contribution in [2.45, 2.75) is 76.5 Å². The van der Waals surface area contributed by atoms with Crippen LogP contribution in [0.5, 0.6) is 0 Å². The summed E-state index contributed by atoms with van der Waals surface area (Å²) in [5.41, 5.74) is 1.15. The number of hydrogen-bond acceptors (Lipinski definition) is 3. The van der Waals surface area contributed by atoms with Crippen LogP contribution in [0.1, 0.15) is 82.1 Å². The molecule has 0 radical (unpaired) electrons. The Hall–Kier alpha value is -1.03. The first-order valence-corrected chi connectivity index (χ1v) is 10.7. The molecule has 0 bridgehead atoms. The molecule has 1 amide bonds. The molecule has 1 aromatic heterocycles. The quantitative estimate of drug-likeness (QED) is 0.463. The van der Waals surface area contributed by atoms with Gasteiger partial charge < -0.3 is 4.90 Å². The molecule has 1 saturated heterocycles. The van der Waals surface area contributed by atoms with Crippen LogP contribution in [0.4, 0.5) is 0 Å². The normalized spacial score (nSPS) is 17.6. The van der Waals surface area contributed by atoms with Crippen LogP contribution in [0.3, 0.4) is 0 Å². The molecule has 0 saturated carbocycles. The first-order chi connectivity index (χ1) is 11.8. The van der Waals surface area contributed by atoms with E-state index in [0.29, 0.717) is 5.75 Å². The summed E-state index contributed by atoms with van der Waals surface area (Å²) < 4.78 is 0. The average molecular weight is 349 g/mol. The summed E-state index contributed by atoms with van der Waals surface area (Å²) in [5, 5.41) is 0.171. The number of aromatic nitrogens is 1. The molecule has 0 spiro atoms. The molecule has 1 aliphatic heterocycles. The van der Waals surface area contributed by atoms with Gasteiger partial charge in [-0.2, -0.15) is 0 Å². The topological polar surface area (TPSA) is 33.2 Å². The van der Waals surface area contributed by atoms with Crippen molar-refractivity contribution >= 4 is 17.7 Å². The van der Waals surface area contributed by atoms with Gasteiger partial charge in [-0.05, 0) is 12.5 Å². The van der Waals surface area contributed by atoms with Crippen molar-refractivity contribution in [2.75, 3.05) is 12.3 Å². The standard InChI is InChI=1S/C20H32N2OS/c1-2-3-4-5-6-7-8-9-10-11-15-22-19(23)17-24-20(22)18-13-12-14-21-16-18/h12-14,16,20H,2-11,15,17H2,1H3/t20-/m0/s1. The lowest BCUT2D eigenvalue weighted by Crippen LogP contribution is -2.29. The van der Waals surface area contributed by atoms with E-state index in [1.54, 1.807) is 18.0 Å². The summed E-state index contributed by atoms with van der Waals surface area (Å²) in [6.07, 6.45) is 17.0. The highest BCUT2D eigenvalue weighted by molar-refractivity contribution is 8.00. The molecular weight excluding hydrogens is 316 g/mol. The molecule has 0 N–H and O–H groups in total. The average Bonchev–Trinajstić information content (AvgIpc) is 2.98. The zero-order valence-electron chi connectivity index (χ0n) is 15.1. The van der Waals surface area contributed by atoms with E-state index in [1.165, 1.54) is 57.8 Å². The van der Waals surface area contributed by atoms with Gasteiger partial charge in [0.05, 0.1) is 5.75 Å². The van der Waals surface area contributed by atoms with Gasteiger partial charge in [0.25, 0.3) is 0 Å². The SMILES string of the molecule is CCCCCCCCCCCCN1C(=O)CS[C@H]1c1cccnc1. The second kappa shape index (κ2) is 11.5. The van der Waals surface area contributed by atoms with Crippen LogP contribution in [0.15, 0.2) is 24.5 Å². The molecule has 2 heterocycles. The van der Waals surface area contributed by atoms with Crippen LogP contribution in [-0.4, -0.2) is 28.1 Å². The smallest absolute Gasteiger partial charge is 0.233 e. The van der Waals surface area contributed by atoms with Crippen LogP contribution in [0, 0.1) is 0 Å². The summed E-state index contributed by atoms with van der Waals surface area (Å²) in [5.74, 6) is 0.891. The predicted molar refractivity (Wildman–Crippen MR) is 103 cm³/mol. The van der Waals surface area contributed by atoms with Gasteiger partial charge in [-0.3, -0.25) is 9.78 Å². The molecule has 0 unspecified atom stereocenters. The molecular formula is C20H32N2OS. The zero-order chi connectivity index (χ0) is 17.0. The first kappa shape index (κ1) is 19.3. The minimum Gasteiger partial charge on any atom is -0.326 e. The molecule has 3 nitrogen and oxygen atoms in total. The van der Waals surface area contributed by atoms with Gasteiger partial charge in [0.2, 0.25) is 5.91 Å². The van der Waals surface area contributed by atoms with Crippen molar-refractivity contribution in [1.29, 1.82) is 0 Å². The minimum atomic E-state index is 0.171. The second-order valence-corrected chi connectivity index (χ2v) is 7.79. The minimum absolute atomic E-state index is 0.171. The van der Waals surface area contributed by atoms with Gasteiger partial charge in [0.1, 0.15) is 5.37 Å². The number of rotatable bonds is 12. The highest BCUT2D eigenvalue weighted by Crippen LogP contribution is 2.38. The number of carbonyl (C=O) groups excluding carboxylic acids is 1. The fourth-order valence-corrected chi connectivity index (χ4v) is 4.46. The molecule has 1 aliphatic rings. The van der Waals surface area contributed by atoms with Crippen LogP contribution in [0.2, 0.25) is 0 Å². The number of hydrogen-bond donors (Lipinski definition) is 0. The first-order valence-electron chi connectivity index (χ1n) is 9.64. The van der Waals surface area contributed by atoms with E-state index in [4.69, 9.17) is 0 Å². The maximum atomic E-state index is 12.1. The van der Waals surface area contributed by atoms with Crippen molar-refractivity contribution in [1.82, 2.24) is 9.88 Å². The maximum Gasteiger partial charge on any atom is 0.233 e. The summed E-state index contributed by atoms with van der Waals surface area (Å²) in [4.78, 5) is 18.4. The fourth-order valence-electron chi connectivity index (χ4n) is 3.26. The molecule has 0 aliphatic carbocycles. The monoisotopic (exact) mass is 348 g/mol. The number of unbranched alkanes of at least 4 members (excludes halogenated alkanes) is 9. The molecule has 0 aromatic carbocycles. The molecule has 2 rings (SSSR count). The predicted octanol–water partition coefficient (Wildman–Crippen LogP) is 5.58. The summed E-state index contributed by atoms with van der Waals surface area (Å²) in [6, 6.07) is 4.03. The van der Waals surface area contributed by atoms with Crippen LogP contribution in [0.25, 0.3) is 0 Å². The van der Waals surface area contributed by atoms with Gasteiger partial charge in [-0.1, -0.05) is 70.8 Å². The zero-order valence-corrected chi connectivity index (χ0v) is 15.9. The third-order valence-electron chi connectivity index (χ3n) is 4.69. The highest BCUT2D eigenvalue weighted by atomic mass is 32.2. The Bertz CT molecular complexity index is 466. The Balaban J connectivity index is 1.58. The van der Waals surface area contributed by atoms with Crippen LogP contribution >= 0.6 is 11.8 Å². The van der Waals surface area contributed by atoms with Crippen molar-refractivity contribution in [3.63, 3.8) is 0 Å². The summed E-state index contributed by atoms with van der Waals surface area (Å²) in [7, 11) is 0. The summed E-state index contributed by atoms with van der Waals surface area (Å²) in [6.45, 7) is 3.16. The molecule has 1 aromatic rings. The van der Waals surface area contributed by atoms with E-state index in [9.17, 15) is 4.79 Å². The molecule has 4 heteroatoms. The van der Waals surface area contributed by atoms with E-state index in [-0.39, 0.29) is 11.3 Å². The number of amides is 1. The van der Waals surface area contributed by atoms with E-state index < -0.39 is 0 Å². The summed E-state index contributed by atoms with van der Waals surface area (Å²) >= 11 is 1.73. The van der Waals surface area contributed by atoms with Crippen molar-refractivity contribution in [3.8, 4) is 0 Å². The van der Waals surface area contributed by atoms with E-state index >= 15 is 0 Å². The van der Waals surface area contributed by atoms with E-state index in [0.717, 1.165) is 18.5 Å². The van der Waals surface area contributed by atoms with E-state index in [2.05, 4.69) is 18.0 Å². The Morgan fingerprint density at radius 1 is 1.08 bits per heavy atom. The third-order valence-corrected chi connectivity index (χ3v) is 5.95. The Kier molecular flexibility index (Phi) is 9.26. The van der Waals surface area contributed by atoms with Gasteiger partial charge in [-0.15, -0.1) is 11.8 Å². The molecule has 1 atom stereocenters. The lowest BCUT2D eigenvalue weighted by Gasteiger charge is -2.23. The number of nitrogens with zero attached hydrogens (tertiary/aromatic N) is 2. The number of pyridine rings is 1. The maximum absolute atomic E-state index is 12.1. The Morgan fingerprint density at radius 2 is 1.75 bits per heavy atom. The number of carbonyl (C=O) groups is 1. The van der Waals surface area contributed by atoms with Crippen LogP contribution in [-0.2, 0) is 4.79 Å². The fraction of sp³-hybridized carbons (Fsp3) is 0.700. The van der Waals surface area contributed by atoms with Crippen molar-refractivity contribution < 1.29 is 4.79 Å². The van der Waals surface area contributed by atoms with E-state index in [1.807, 2.05) is 17.2 Å². The molecule has 24 heavy (non-hydrogen) atoms. The van der Waals surface area contributed by atoms with Gasteiger partial charge in [0, 0.05) is 24.5 Å². The lowest BCUT2D eigenvalue weighted by molar-refractivity contribution is -0.128. The Morgan fingerprint density at radius 3 is 2.38 bits per heavy atom. The highest BCUT2D eigenvalue weighted by Gasteiger charge is 2.32. The Labute approximate surface area is 151 Å². The van der Waals surface area contributed by atoms with Gasteiger partial charge in [-0.25, -0.2) is 0 Å². The van der Waals surface area contributed by atoms with Crippen molar-refractivity contribution in [3.05, 3.63) is 30.1 Å². The second-order valence-electron chi connectivity index (χ2n) is 6.72. The van der Waals surface area contributed by atoms with Crippen LogP contribution < -0.4 is 0 Å². The lowest BCUT2D eigenvalue weighted by atomic mass is 10.1.